The number of nitrogens with one attached hydrogen (secondary N) is 1. The van der Waals surface area contributed by atoms with Crippen LogP contribution in [0.3, 0.4) is 0 Å². The average molecular weight is 231 g/mol. The van der Waals surface area contributed by atoms with Gasteiger partial charge in [0.1, 0.15) is 0 Å². The van der Waals surface area contributed by atoms with Gasteiger partial charge in [-0.15, -0.1) is 0 Å². The van der Waals surface area contributed by atoms with Crippen LogP contribution < -0.4 is 5.32 Å². The van der Waals surface area contributed by atoms with Crippen molar-refractivity contribution in [1.29, 1.82) is 0 Å². The summed E-state index contributed by atoms with van der Waals surface area (Å²) in [7, 11) is 1.98. The lowest BCUT2D eigenvalue weighted by Gasteiger charge is -2.26. The molecule has 0 saturated heterocycles. The van der Waals surface area contributed by atoms with Gasteiger partial charge in [-0.2, -0.15) is 0 Å². The summed E-state index contributed by atoms with van der Waals surface area (Å²) >= 11 is 0. The fourth-order valence-electron chi connectivity index (χ4n) is 1.77. The molecule has 1 N–H and O–H groups in total. The molecule has 0 heterocycles. The van der Waals surface area contributed by atoms with E-state index in [0.717, 1.165) is 12.3 Å². The van der Waals surface area contributed by atoms with Gasteiger partial charge < -0.3 is 14.8 Å². The van der Waals surface area contributed by atoms with Gasteiger partial charge in [0.05, 0.1) is 6.04 Å². The van der Waals surface area contributed by atoms with E-state index < -0.39 is 0 Å². The highest BCUT2D eigenvalue weighted by atomic mass is 16.7. The Kier molecular flexibility index (Phi) is 9.99. The van der Waals surface area contributed by atoms with E-state index in [-0.39, 0.29) is 6.29 Å². The predicted octanol–water partition coefficient (Wildman–Crippen LogP) is 2.80. The second kappa shape index (κ2) is 10.1. The minimum atomic E-state index is -0.104. The Balaban J connectivity index is 3.98. The van der Waals surface area contributed by atoms with E-state index in [4.69, 9.17) is 9.47 Å². The molecule has 98 valence electrons. The van der Waals surface area contributed by atoms with E-state index in [9.17, 15) is 0 Å². The van der Waals surface area contributed by atoms with Crippen molar-refractivity contribution in [2.45, 2.75) is 59.3 Å². The molecule has 0 aliphatic rings. The second-order valence-corrected chi connectivity index (χ2v) is 4.50. The molecular weight excluding hydrogens is 202 g/mol. The number of hydrogen-bond acceptors (Lipinski definition) is 3. The zero-order valence-corrected chi connectivity index (χ0v) is 11.6. The van der Waals surface area contributed by atoms with Crippen LogP contribution >= 0.6 is 0 Å². The topological polar surface area (TPSA) is 30.5 Å². The monoisotopic (exact) mass is 231 g/mol. The van der Waals surface area contributed by atoms with Crippen LogP contribution in [0.2, 0.25) is 0 Å². The lowest BCUT2D eigenvalue weighted by Crippen LogP contribution is -2.41. The molecule has 16 heavy (non-hydrogen) atoms. The fourth-order valence-corrected chi connectivity index (χ4v) is 1.77. The van der Waals surface area contributed by atoms with E-state index in [2.05, 4.69) is 19.2 Å². The summed E-state index contributed by atoms with van der Waals surface area (Å²) in [5.41, 5.74) is 0. The van der Waals surface area contributed by atoms with Crippen LogP contribution in [-0.4, -0.2) is 32.6 Å². The molecule has 0 saturated carbocycles. The zero-order valence-electron chi connectivity index (χ0n) is 11.6. The Morgan fingerprint density at radius 3 is 1.94 bits per heavy atom. The van der Waals surface area contributed by atoms with Crippen molar-refractivity contribution in [1.82, 2.24) is 5.32 Å². The summed E-state index contributed by atoms with van der Waals surface area (Å²) < 4.78 is 11.2. The maximum Gasteiger partial charge on any atom is 0.172 e. The Bertz CT molecular complexity index is 145. The van der Waals surface area contributed by atoms with Crippen molar-refractivity contribution < 1.29 is 9.47 Å². The normalized spacial score (nSPS) is 13.7. The molecule has 0 fully saturated rings. The van der Waals surface area contributed by atoms with E-state index in [1.54, 1.807) is 0 Å². The first-order valence-electron chi connectivity index (χ1n) is 6.56. The quantitative estimate of drug-likeness (QED) is 0.586. The van der Waals surface area contributed by atoms with Crippen LogP contribution in [0.25, 0.3) is 0 Å². The van der Waals surface area contributed by atoms with Gasteiger partial charge >= 0.3 is 0 Å². The van der Waals surface area contributed by atoms with Crippen molar-refractivity contribution in [2.24, 2.45) is 5.92 Å². The first-order valence-corrected chi connectivity index (χ1v) is 6.56. The van der Waals surface area contributed by atoms with Crippen LogP contribution in [0.4, 0.5) is 0 Å². The van der Waals surface area contributed by atoms with E-state index >= 15 is 0 Å². The van der Waals surface area contributed by atoms with E-state index in [0.29, 0.717) is 19.3 Å². The van der Waals surface area contributed by atoms with Crippen LogP contribution in [0, 0.1) is 5.92 Å². The van der Waals surface area contributed by atoms with Gasteiger partial charge in [-0.3, -0.25) is 0 Å². The third-order valence-electron chi connectivity index (χ3n) is 2.66. The van der Waals surface area contributed by atoms with Gasteiger partial charge in [-0.25, -0.2) is 0 Å². The summed E-state index contributed by atoms with van der Waals surface area (Å²) in [6.07, 6.45) is 3.50. The predicted molar refractivity (Wildman–Crippen MR) is 68.6 cm³/mol. The zero-order chi connectivity index (χ0) is 12.4. The highest BCUT2D eigenvalue weighted by molar-refractivity contribution is 4.69. The Morgan fingerprint density at radius 1 is 1.00 bits per heavy atom. The number of hydrogen-bond donors (Lipinski definition) is 1. The average Bonchev–Trinajstić information content (AvgIpc) is 2.24. The van der Waals surface area contributed by atoms with Gasteiger partial charge in [-0.05, 0) is 33.2 Å². The van der Waals surface area contributed by atoms with E-state index in [1.807, 2.05) is 20.9 Å². The minimum absolute atomic E-state index is 0.104. The number of likely N-dealkylation sites (N-methyl/N-ethyl adjacent to an activating group) is 1. The highest BCUT2D eigenvalue weighted by Gasteiger charge is 2.20. The maximum absolute atomic E-state index is 5.61. The Labute approximate surface area is 101 Å². The van der Waals surface area contributed by atoms with Gasteiger partial charge in [0.25, 0.3) is 0 Å². The minimum Gasteiger partial charge on any atom is -0.351 e. The van der Waals surface area contributed by atoms with Gasteiger partial charge in [-0.1, -0.05) is 26.7 Å². The molecule has 0 bridgehead atoms. The lowest BCUT2D eigenvalue weighted by atomic mass is 10.0. The van der Waals surface area contributed by atoms with Gasteiger partial charge in [0.15, 0.2) is 6.29 Å². The molecule has 0 aromatic carbocycles. The summed E-state index contributed by atoms with van der Waals surface area (Å²) in [4.78, 5) is 0. The van der Waals surface area contributed by atoms with Gasteiger partial charge in [0, 0.05) is 13.2 Å². The van der Waals surface area contributed by atoms with Crippen LogP contribution in [0.1, 0.15) is 47.0 Å². The number of ether oxygens (including phenoxy) is 2. The summed E-state index contributed by atoms with van der Waals surface area (Å²) in [5.74, 6) is 0.773. The van der Waals surface area contributed by atoms with Gasteiger partial charge in [0.2, 0.25) is 0 Å². The molecule has 0 aromatic rings. The standard InChI is InChI=1S/C13H29NO2/c1-6-15-13(16-7-2)12(14-5)10-8-9-11(3)4/h11-14H,6-10H2,1-5H3. The molecule has 1 atom stereocenters. The number of rotatable bonds is 10. The molecule has 0 amide bonds. The first kappa shape index (κ1) is 15.9. The van der Waals surface area contributed by atoms with Crippen molar-refractivity contribution in [3.8, 4) is 0 Å². The smallest absolute Gasteiger partial charge is 0.172 e. The highest BCUT2D eigenvalue weighted by Crippen LogP contribution is 2.13. The van der Waals surface area contributed by atoms with Crippen LogP contribution in [-0.2, 0) is 9.47 Å². The Morgan fingerprint density at radius 2 is 1.56 bits per heavy atom. The third-order valence-corrected chi connectivity index (χ3v) is 2.66. The Hall–Kier alpha value is -0.120. The van der Waals surface area contributed by atoms with Crippen molar-refractivity contribution in [3.05, 3.63) is 0 Å². The third kappa shape index (κ3) is 7.20. The largest absolute Gasteiger partial charge is 0.351 e. The fraction of sp³-hybridized carbons (Fsp3) is 1.00. The molecule has 0 aliphatic heterocycles. The molecule has 1 unspecified atom stereocenters. The summed E-state index contributed by atoms with van der Waals surface area (Å²) in [6.45, 7) is 9.94. The lowest BCUT2D eigenvalue weighted by molar-refractivity contribution is -0.154. The second-order valence-electron chi connectivity index (χ2n) is 4.50. The molecule has 3 nitrogen and oxygen atoms in total. The first-order chi connectivity index (χ1) is 7.65. The SMILES string of the molecule is CCOC(OCC)C(CCCC(C)C)NC. The maximum atomic E-state index is 5.61. The van der Waals surface area contributed by atoms with E-state index in [1.165, 1.54) is 12.8 Å². The van der Waals surface area contributed by atoms with Crippen molar-refractivity contribution in [3.63, 3.8) is 0 Å². The summed E-state index contributed by atoms with van der Waals surface area (Å²) in [6, 6.07) is 0.304. The molecule has 0 rings (SSSR count). The van der Waals surface area contributed by atoms with Crippen molar-refractivity contribution >= 4 is 0 Å². The molecular formula is C13H29NO2. The van der Waals surface area contributed by atoms with Crippen LogP contribution in [0.15, 0.2) is 0 Å². The molecule has 3 heteroatoms. The van der Waals surface area contributed by atoms with Crippen molar-refractivity contribution in [2.75, 3.05) is 20.3 Å². The molecule has 0 spiro atoms. The molecule has 0 radical (unpaired) electrons. The summed E-state index contributed by atoms with van der Waals surface area (Å²) in [5, 5.41) is 3.30. The van der Waals surface area contributed by atoms with Crippen LogP contribution in [0.5, 0.6) is 0 Å². The molecule has 0 aromatic heterocycles. The molecule has 0 aliphatic carbocycles.